The zero-order valence-corrected chi connectivity index (χ0v) is 16.4. The molecule has 8 nitrogen and oxygen atoms in total. The molecule has 0 aliphatic heterocycles. The fourth-order valence-corrected chi connectivity index (χ4v) is 3.81. The molecular weight excluding hydrogens is 402 g/mol. The van der Waals surface area contributed by atoms with E-state index in [0.717, 1.165) is 5.56 Å². The molecule has 0 aliphatic rings. The van der Waals surface area contributed by atoms with E-state index in [0.29, 0.717) is 22.5 Å². The minimum absolute atomic E-state index is 0.0385. The van der Waals surface area contributed by atoms with Crippen molar-refractivity contribution in [2.75, 3.05) is 5.32 Å². The van der Waals surface area contributed by atoms with Crippen LogP contribution in [0.5, 0.6) is 0 Å². The first-order valence-corrected chi connectivity index (χ1v) is 9.71. The van der Waals surface area contributed by atoms with Crippen LogP contribution in [-0.2, 0) is 12.3 Å². The van der Waals surface area contributed by atoms with Gasteiger partial charge in [0.05, 0.1) is 4.92 Å². The number of halogens is 1. The van der Waals surface area contributed by atoms with Crippen molar-refractivity contribution in [3.63, 3.8) is 0 Å². The Labute approximate surface area is 170 Å². The van der Waals surface area contributed by atoms with Crippen LogP contribution >= 0.6 is 23.4 Å². The Morgan fingerprint density at radius 1 is 1.21 bits per heavy atom. The number of aromatic nitrogens is 3. The molecule has 0 saturated carbocycles. The first-order chi connectivity index (χ1) is 13.5. The van der Waals surface area contributed by atoms with Crippen LogP contribution in [0.2, 0.25) is 5.02 Å². The predicted octanol–water partition coefficient (Wildman–Crippen LogP) is 4.40. The van der Waals surface area contributed by atoms with Gasteiger partial charge < -0.3 is 0 Å². The van der Waals surface area contributed by atoms with Crippen LogP contribution in [0.4, 0.5) is 11.6 Å². The van der Waals surface area contributed by atoms with Crippen LogP contribution in [0, 0.1) is 10.1 Å². The van der Waals surface area contributed by atoms with E-state index in [4.69, 9.17) is 11.6 Å². The molecule has 10 heteroatoms. The largest absolute Gasteiger partial charge is 0.290 e. The van der Waals surface area contributed by atoms with Crippen LogP contribution < -0.4 is 5.32 Å². The molecule has 0 aliphatic carbocycles. The molecule has 28 heavy (non-hydrogen) atoms. The molecular formula is C18H16ClN5O3S. The summed E-state index contributed by atoms with van der Waals surface area (Å²) in [6.07, 6.45) is 0. The summed E-state index contributed by atoms with van der Waals surface area (Å²) in [5.41, 5.74) is 0.657. The molecule has 0 bridgehead atoms. The highest BCUT2D eigenvalue weighted by Crippen LogP contribution is 2.27. The topological polar surface area (TPSA) is 103 Å². The minimum atomic E-state index is -0.614. The van der Waals surface area contributed by atoms with Crippen LogP contribution in [-0.4, -0.2) is 25.6 Å². The normalized spacial score (nSPS) is 10.6. The number of nitrogens with one attached hydrogen (secondary N) is 1. The number of thioether (sulfide) groups is 1. The lowest BCUT2D eigenvalue weighted by Gasteiger charge is -2.09. The van der Waals surface area contributed by atoms with Gasteiger partial charge >= 0.3 is 0 Å². The van der Waals surface area contributed by atoms with E-state index >= 15 is 0 Å². The number of carbonyl (C=O) groups excluding carboxylic acids is 1. The number of para-hydroxylation sites is 1. The molecule has 0 radical (unpaired) electrons. The maximum absolute atomic E-state index is 12.5. The fourth-order valence-electron chi connectivity index (χ4n) is 2.52. The van der Waals surface area contributed by atoms with Gasteiger partial charge in [-0.15, -0.1) is 10.2 Å². The first-order valence-electron chi connectivity index (χ1n) is 8.35. The second-order valence-corrected chi connectivity index (χ2v) is 7.01. The summed E-state index contributed by atoms with van der Waals surface area (Å²) < 4.78 is 1.73. The van der Waals surface area contributed by atoms with Crippen LogP contribution in [0.25, 0.3) is 0 Å². The van der Waals surface area contributed by atoms with Gasteiger partial charge in [-0.3, -0.25) is 24.8 Å². The monoisotopic (exact) mass is 417 g/mol. The standard InChI is InChI=1S/C18H16ClN5O3S/c1-2-23-17(20-16(25)13-8-4-6-10-15(13)24(26)27)21-22-18(23)28-11-12-7-3-5-9-14(12)19/h3-10H,2,11H2,1H3,(H,20,21,25). The van der Waals surface area contributed by atoms with Crippen molar-refractivity contribution in [2.45, 2.75) is 24.4 Å². The van der Waals surface area contributed by atoms with E-state index < -0.39 is 10.8 Å². The molecule has 0 spiro atoms. The Kier molecular flexibility index (Phi) is 6.27. The Morgan fingerprint density at radius 3 is 2.64 bits per heavy atom. The number of benzene rings is 2. The van der Waals surface area contributed by atoms with Crippen molar-refractivity contribution >= 4 is 40.9 Å². The number of rotatable bonds is 7. The number of anilines is 1. The van der Waals surface area contributed by atoms with Gasteiger partial charge in [-0.25, -0.2) is 0 Å². The zero-order chi connectivity index (χ0) is 20.1. The van der Waals surface area contributed by atoms with E-state index in [9.17, 15) is 14.9 Å². The van der Waals surface area contributed by atoms with Crippen molar-refractivity contribution in [3.05, 3.63) is 74.8 Å². The summed E-state index contributed by atoms with van der Waals surface area (Å²) >= 11 is 7.61. The van der Waals surface area contributed by atoms with Gasteiger partial charge in [0.2, 0.25) is 5.95 Å². The fraction of sp³-hybridized carbons (Fsp3) is 0.167. The van der Waals surface area contributed by atoms with Crippen molar-refractivity contribution in [3.8, 4) is 0 Å². The Bertz CT molecular complexity index is 1020. The quantitative estimate of drug-likeness (QED) is 0.347. The average Bonchev–Trinajstić information content (AvgIpc) is 3.08. The highest BCUT2D eigenvalue weighted by Gasteiger charge is 2.21. The summed E-state index contributed by atoms with van der Waals surface area (Å²) in [4.78, 5) is 23.1. The van der Waals surface area contributed by atoms with E-state index in [1.165, 1.54) is 30.0 Å². The number of amides is 1. The predicted molar refractivity (Wildman–Crippen MR) is 108 cm³/mol. The van der Waals surface area contributed by atoms with Gasteiger partial charge in [-0.2, -0.15) is 0 Å². The number of hydrogen-bond donors (Lipinski definition) is 1. The lowest BCUT2D eigenvalue weighted by Crippen LogP contribution is -2.17. The molecule has 0 fully saturated rings. The molecule has 2 aromatic carbocycles. The van der Waals surface area contributed by atoms with Crippen molar-refractivity contribution in [2.24, 2.45) is 0 Å². The summed E-state index contributed by atoms with van der Waals surface area (Å²) in [5, 5.41) is 23.2. The van der Waals surface area contributed by atoms with Crippen LogP contribution in [0.3, 0.4) is 0 Å². The van der Waals surface area contributed by atoms with Gasteiger partial charge in [0.25, 0.3) is 11.6 Å². The maximum Gasteiger partial charge on any atom is 0.282 e. The average molecular weight is 418 g/mol. The summed E-state index contributed by atoms with van der Waals surface area (Å²) in [5.74, 6) is 0.208. The number of nitrogens with zero attached hydrogens (tertiary/aromatic N) is 4. The molecule has 0 atom stereocenters. The van der Waals surface area contributed by atoms with Gasteiger partial charge in [-0.1, -0.05) is 53.7 Å². The molecule has 0 saturated heterocycles. The number of hydrogen-bond acceptors (Lipinski definition) is 6. The van der Waals surface area contributed by atoms with Gasteiger partial charge in [0.1, 0.15) is 5.56 Å². The lowest BCUT2D eigenvalue weighted by atomic mass is 10.1. The zero-order valence-electron chi connectivity index (χ0n) is 14.8. The van der Waals surface area contributed by atoms with Crippen LogP contribution in [0.1, 0.15) is 22.8 Å². The van der Waals surface area contributed by atoms with Crippen molar-refractivity contribution in [1.82, 2.24) is 14.8 Å². The second kappa shape index (κ2) is 8.85. The lowest BCUT2D eigenvalue weighted by molar-refractivity contribution is -0.385. The SMILES string of the molecule is CCn1c(NC(=O)c2ccccc2[N+](=O)[O-])nnc1SCc1ccccc1Cl. The summed E-state index contributed by atoms with van der Waals surface area (Å²) in [7, 11) is 0. The smallest absolute Gasteiger partial charge is 0.282 e. The number of nitro groups is 1. The molecule has 0 unspecified atom stereocenters. The molecule has 144 valence electrons. The number of carbonyl (C=O) groups is 1. The minimum Gasteiger partial charge on any atom is -0.290 e. The summed E-state index contributed by atoms with van der Waals surface area (Å²) in [6.45, 7) is 2.41. The highest BCUT2D eigenvalue weighted by molar-refractivity contribution is 7.98. The maximum atomic E-state index is 12.5. The van der Waals surface area contributed by atoms with Gasteiger partial charge in [0.15, 0.2) is 5.16 Å². The third kappa shape index (κ3) is 4.32. The Balaban J connectivity index is 1.78. The molecule has 1 N–H and O–H groups in total. The molecule has 3 rings (SSSR count). The van der Waals surface area contributed by atoms with Crippen molar-refractivity contribution < 1.29 is 9.72 Å². The molecule has 1 amide bonds. The van der Waals surface area contributed by atoms with Crippen LogP contribution in [0.15, 0.2) is 53.7 Å². The van der Waals surface area contributed by atoms with E-state index in [1.54, 1.807) is 10.6 Å². The molecule has 3 aromatic rings. The summed E-state index contributed by atoms with van der Waals surface area (Å²) in [6, 6.07) is 13.3. The third-order valence-corrected chi connectivity index (χ3v) is 5.30. The third-order valence-electron chi connectivity index (χ3n) is 3.92. The highest BCUT2D eigenvalue weighted by atomic mass is 35.5. The Morgan fingerprint density at radius 2 is 1.93 bits per heavy atom. The number of nitro benzene ring substituents is 1. The van der Waals surface area contributed by atoms with E-state index in [2.05, 4.69) is 15.5 Å². The van der Waals surface area contributed by atoms with Gasteiger partial charge in [-0.05, 0) is 24.6 Å². The van der Waals surface area contributed by atoms with E-state index in [-0.39, 0.29) is 17.2 Å². The molecule has 1 aromatic heterocycles. The molecule has 1 heterocycles. The van der Waals surface area contributed by atoms with E-state index in [1.807, 2.05) is 31.2 Å². The second-order valence-electron chi connectivity index (χ2n) is 5.66. The Hall–Kier alpha value is -2.91. The van der Waals surface area contributed by atoms with Crippen molar-refractivity contribution in [1.29, 1.82) is 0 Å². The van der Waals surface area contributed by atoms with Gasteiger partial charge in [0, 0.05) is 23.4 Å². The first kappa shape index (κ1) is 19.8.